The van der Waals surface area contributed by atoms with Gasteiger partial charge in [0, 0.05) is 36.1 Å². The van der Waals surface area contributed by atoms with Gasteiger partial charge in [0.1, 0.15) is 0 Å². The van der Waals surface area contributed by atoms with Gasteiger partial charge in [0.25, 0.3) is 0 Å². The fourth-order valence-electron chi connectivity index (χ4n) is 4.25. The van der Waals surface area contributed by atoms with Crippen molar-refractivity contribution >= 4 is 21.5 Å². The second-order valence-electron chi connectivity index (χ2n) is 8.23. The Hall–Kier alpha value is -4.18. The molecule has 0 bridgehead atoms. The molecule has 4 nitrogen and oxygen atoms in total. The van der Waals surface area contributed by atoms with Crippen molar-refractivity contribution in [1.29, 1.82) is 0 Å². The maximum Gasteiger partial charge on any atom is 0.0921 e. The number of nitrogens with one attached hydrogen (secondary N) is 2. The quantitative estimate of drug-likeness (QED) is 0.321. The molecule has 4 heteroatoms. The Balaban J connectivity index is 0.000000139. The number of nitrogens with zero attached hydrogens (tertiary/aromatic N) is 2. The summed E-state index contributed by atoms with van der Waals surface area (Å²) in [5.74, 6) is 0.337. The van der Waals surface area contributed by atoms with Gasteiger partial charge in [-0.1, -0.05) is 91.9 Å². The smallest absolute Gasteiger partial charge is 0.0921 e. The Labute approximate surface area is 193 Å². The van der Waals surface area contributed by atoms with E-state index in [1.54, 1.807) is 12.7 Å². The molecule has 0 aliphatic carbocycles. The fourth-order valence-corrected chi connectivity index (χ4v) is 4.25. The van der Waals surface area contributed by atoms with Crippen molar-refractivity contribution in [1.82, 2.24) is 19.9 Å². The molecule has 162 valence electrons. The summed E-state index contributed by atoms with van der Waals surface area (Å²) >= 11 is 0. The molecular formula is C29H26N4. The van der Waals surface area contributed by atoms with Crippen LogP contribution in [0.2, 0.25) is 0 Å². The van der Waals surface area contributed by atoms with E-state index in [0.29, 0.717) is 5.92 Å². The molecule has 6 rings (SSSR count). The second-order valence-corrected chi connectivity index (χ2v) is 8.23. The van der Waals surface area contributed by atoms with Crippen molar-refractivity contribution in [3.63, 3.8) is 0 Å². The Morgan fingerprint density at radius 3 is 2.21 bits per heavy atom. The van der Waals surface area contributed by atoms with Crippen LogP contribution in [0.25, 0.3) is 21.5 Å². The van der Waals surface area contributed by atoms with Crippen LogP contribution in [-0.4, -0.2) is 19.9 Å². The summed E-state index contributed by atoms with van der Waals surface area (Å²) in [4.78, 5) is 14.4. The topological polar surface area (TPSA) is 57.4 Å². The van der Waals surface area contributed by atoms with Gasteiger partial charge >= 0.3 is 0 Å². The molecule has 0 amide bonds. The molecule has 0 saturated carbocycles. The lowest BCUT2D eigenvalue weighted by Crippen LogP contribution is -1.97. The number of hydrogen-bond donors (Lipinski definition) is 2. The predicted octanol–water partition coefficient (Wildman–Crippen LogP) is 6.87. The first-order chi connectivity index (χ1) is 16.3. The van der Waals surface area contributed by atoms with Crippen molar-refractivity contribution in [2.24, 2.45) is 0 Å². The monoisotopic (exact) mass is 430 g/mol. The van der Waals surface area contributed by atoms with Gasteiger partial charge in [0.05, 0.1) is 12.7 Å². The van der Waals surface area contributed by atoms with Gasteiger partial charge in [-0.3, -0.25) is 0 Å². The van der Waals surface area contributed by atoms with Crippen LogP contribution >= 0.6 is 0 Å². The second kappa shape index (κ2) is 9.53. The zero-order valence-corrected chi connectivity index (χ0v) is 18.6. The Kier molecular flexibility index (Phi) is 5.98. The molecule has 2 aromatic heterocycles. The zero-order valence-electron chi connectivity index (χ0n) is 18.6. The van der Waals surface area contributed by atoms with Crippen molar-refractivity contribution in [2.45, 2.75) is 19.3 Å². The van der Waals surface area contributed by atoms with E-state index in [2.05, 4.69) is 112 Å². The minimum atomic E-state index is 0.337. The molecule has 2 N–H and O–H groups in total. The van der Waals surface area contributed by atoms with E-state index in [9.17, 15) is 0 Å². The minimum Gasteiger partial charge on any atom is -0.348 e. The summed E-state index contributed by atoms with van der Waals surface area (Å²) in [6.07, 6.45) is 8.12. The average molecular weight is 431 g/mol. The highest BCUT2D eigenvalue weighted by molar-refractivity contribution is 5.86. The Bertz CT molecular complexity index is 1440. The number of aromatic amines is 2. The normalized spacial score (nSPS) is 11.8. The highest BCUT2D eigenvalue weighted by Gasteiger charge is 2.12. The van der Waals surface area contributed by atoms with E-state index in [-0.39, 0.29) is 0 Å². The molecule has 33 heavy (non-hydrogen) atoms. The molecule has 0 spiro atoms. The maximum atomic E-state index is 4.09. The Morgan fingerprint density at radius 2 is 1.42 bits per heavy atom. The van der Waals surface area contributed by atoms with Crippen LogP contribution < -0.4 is 0 Å². The average Bonchev–Trinajstić information content (AvgIpc) is 3.58. The van der Waals surface area contributed by atoms with Crippen molar-refractivity contribution in [3.8, 4) is 0 Å². The zero-order chi connectivity index (χ0) is 22.5. The van der Waals surface area contributed by atoms with Crippen molar-refractivity contribution < 1.29 is 0 Å². The standard InChI is InChI=1S/C15H14N2.C14H12N2/c1-11(15-9-16-10-17-15)13-8-4-6-12-5-2-3-7-14(12)13;1-2-4-13-7-11(5-6-12(13)3-1)8-14-9-15-10-16-14/h2-11H,1H3,(H,16,17);1-7,9-10H,8H2,(H,15,16). The van der Waals surface area contributed by atoms with E-state index in [1.807, 2.05) is 12.4 Å². The van der Waals surface area contributed by atoms with Gasteiger partial charge in [-0.05, 0) is 32.7 Å². The first-order valence-electron chi connectivity index (χ1n) is 11.2. The number of H-pyrrole nitrogens is 2. The van der Waals surface area contributed by atoms with Gasteiger partial charge in [0.15, 0.2) is 0 Å². The molecule has 0 fully saturated rings. The summed E-state index contributed by atoms with van der Waals surface area (Å²) in [7, 11) is 0. The van der Waals surface area contributed by atoms with Gasteiger partial charge in [-0.25, -0.2) is 9.97 Å². The summed E-state index contributed by atoms with van der Waals surface area (Å²) in [6.45, 7) is 2.20. The summed E-state index contributed by atoms with van der Waals surface area (Å²) in [6, 6.07) is 29.9. The maximum absolute atomic E-state index is 4.09. The summed E-state index contributed by atoms with van der Waals surface area (Å²) in [5.41, 5.74) is 4.95. The van der Waals surface area contributed by atoms with Crippen LogP contribution in [0.15, 0.2) is 110 Å². The molecule has 0 radical (unpaired) electrons. The van der Waals surface area contributed by atoms with Gasteiger partial charge in [0.2, 0.25) is 0 Å². The van der Waals surface area contributed by atoms with E-state index in [1.165, 1.54) is 32.7 Å². The van der Waals surface area contributed by atoms with Crippen LogP contribution in [0.1, 0.15) is 35.4 Å². The molecule has 1 unspecified atom stereocenters. The molecular weight excluding hydrogens is 404 g/mol. The van der Waals surface area contributed by atoms with E-state index >= 15 is 0 Å². The molecule has 0 saturated heterocycles. The summed E-state index contributed by atoms with van der Waals surface area (Å²) in [5, 5.41) is 5.18. The lowest BCUT2D eigenvalue weighted by molar-refractivity contribution is 0.892. The van der Waals surface area contributed by atoms with E-state index in [4.69, 9.17) is 0 Å². The summed E-state index contributed by atoms with van der Waals surface area (Å²) < 4.78 is 0. The third kappa shape index (κ3) is 4.70. The molecule has 6 aromatic rings. The number of fused-ring (bicyclic) bond motifs is 2. The van der Waals surface area contributed by atoms with Crippen LogP contribution in [-0.2, 0) is 6.42 Å². The van der Waals surface area contributed by atoms with Gasteiger partial charge in [-0.2, -0.15) is 0 Å². The molecule has 4 aromatic carbocycles. The first kappa shape index (κ1) is 20.7. The third-order valence-electron chi connectivity index (χ3n) is 6.04. The van der Waals surface area contributed by atoms with Crippen molar-refractivity contribution in [3.05, 3.63) is 132 Å². The van der Waals surface area contributed by atoms with Crippen molar-refractivity contribution in [2.75, 3.05) is 0 Å². The number of benzene rings is 4. The number of aromatic nitrogens is 4. The number of hydrogen-bond acceptors (Lipinski definition) is 2. The SMILES string of the molecule is CC(c1cnc[nH]1)c1cccc2ccccc12.c1ccc2cc(Cc3cnc[nH]3)ccc2c1. The molecule has 2 heterocycles. The highest BCUT2D eigenvalue weighted by atomic mass is 14.9. The van der Waals surface area contributed by atoms with Gasteiger partial charge < -0.3 is 9.97 Å². The molecule has 0 aliphatic heterocycles. The van der Waals surface area contributed by atoms with Crippen LogP contribution in [0.5, 0.6) is 0 Å². The fraction of sp³-hybridized carbons (Fsp3) is 0.103. The number of rotatable bonds is 4. The highest BCUT2D eigenvalue weighted by Crippen LogP contribution is 2.29. The van der Waals surface area contributed by atoms with Gasteiger partial charge in [-0.15, -0.1) is 0 Å². The Morgan fingerprint density at radius 1 is 0.697 bits per heavy atom. The third-order valence-corrected chi connectivity index (χ3v) is 6.04. The molecule has 1 atom stereocenters. The lowest BCUT2D eigenvalue weighted by atomic mass is 9.93. The largest absolute Gasteiger partial charge is 0.348 e. The van der Waals surface area contributed by atoms with Crippen LogP contribution in [0.3, 0.4) is 0 Å². The molecule has 0 aliphatic rings. The minimum absolute atomic E-state index is 0.337. The van der Waals surface area contributed by atoms with E-state index in [0.717, 1.165) is 17.8 Å². The first-order valence-corrected chi connectivity index (χ1v) is 11.2. The van der Waals surface area contributed by atoms with Crippen LogP contribution in [0, 0.1) is 0 Å². The predicted molar refractivity (Wildman–Crippen MR) is 135 cm³/mol. The van der Waals surface area contributed by atoms with Crippen LogP contribution in [0.4, 0.5) is 0 Å². The lowest BCUT2D eigenvalue weighted by Gasteiger charge is -2.12. The number of imidazole rings is 2. The van der Waals surface area contributed by atoms with E-state index < -0.39 is 0 Å².